The molecule has 1 aliphatic rings. The molecule has 1 amide bonds. The number of hydrogen-bond acceptors (Lipinski definition) is 4. The number of guanidine groups is 1. The first kappa shape index (κ1) is 23.6. The lowest BCUT2D eigenvalue weighted by atomic mass is 9.95. The van der Waals surface area contributed by atoms with Crippen molar-refractivity contribution in [3.63, 3.8) is 0 Å². The number of primary amides is 1. The Morgan fingerprint density at radius 3 is 2.56 bits per heavy atom. The molecule has 1 aromatic rings. The van der Waals surface area contributed by atoms with E-state index in [4.69, 9.17) is 10.9 Å². The summed E-state index contributed by atoms with van der Waals surface area (Å²) >= 11 is 0. The number of nitrogens with two attached hydrogens (primary N) is 2. The van der Waals surface area contributed by atoms with E-state index in [-0.39, 0.29) is 40.7 Å². The van der Waals surface area contributed by atoms with Crippen LogP contribution in [-0.4, -0.2) is 51.9 Å². The maximum absolute atomic E-state index is 11.3. The van der Waals surface area contributed by atoms with Gasteiger partial charge in [-0.1, -0.05) is 12.1 Å². The number of benzene rings is 1. The molecule has 1 unspecified atom stereocenters. The number of carbonyl (C=O) groups excluding carboxylic acids is 1. The zero-order chi connectivity index (χ0) is 19.2. The summed E-state index contributed by atoms with van der Waals surface area (Å²) in [7, 11) is -1.92. The zero-order valence-electron chi connectivity index (χ0n) is 15.4. The fourth-order valence-electron chi connectivity index (χ4n) is 3.21. The standard InChI is InChI=1S/C17H27N5O3S.HI/c1-20-17(22-10-2-3-14(12-22)11-16(18)23)21-9-8-13-4-6-15(7-5-13)26(19,24)25;/h4-7,14H,2-3,8-12H2,1H3,(H2,18,23)(H,20,21)(H2,19,24,25);1H. The van der Waals surface area contributed by atoms with Crippen molar-refractivity contribution in [3.05, 3.63) is 29.8 Å². The fraction of sp³-hybridized carbons (Fsp3) is 0.529. The number of hydrogen-bond donors (Lipinski definition) is 3. The van der Waals surface area contributed by atoms with Crippen molar-refractivity contribution in [2.45, 2.75) is 30.6 Å². The van der Waals surface area contributed by atoms with Crippen LogP contribution in [0.1, 0.15) is 24.8 Å². The summed E-state index contributed by atoms with van der Waals surface area (Å²) in [6.45, 7) is 2.34. The predicted molar refractivity (Wildman–Crippen MR) is 116 cm³/mol. The number of primary sulfonamides is 1. The van der Waals surface area contributed by atoms with Crippen LogP contribution in [0.2, 0.25) is 0 Å². The van der Waals surface area contributed by atoms with Gasteiger partial charge in [-0.25, -0.2) is 13.6 Å². The lowest BCUT2D eigenvalue weighted by Crippen LogP contribution is -2.47. The molecule has 1 aliphatic heterocycles. The Bertz CT molecular complexity index is 752. The molecule has 0 bridgehead atoms. The Morgan fingerprint density at radius 1 is 1.33 bits per heavy atom. The van der Waals surface area contributed by atoms with Gasteiger partial charge in [-0.2, -0.15) is 0 Å². The van der Waals surface area contributed by atoms with E-state index in [1.54, 1.807) is 19.2 Å². The normalized spacial score (nSPS) is 17.9. The molecule has 0 aliphatic carbocycles. The Labute approximate surface area is 177 Å². The van der Waals surface area contributed by atoms with Crippen LogP contribution in [0.3, 0.4) is 0 Å². The Kier molecular flexibility index (Phi) is 9.47. The predicted octanol–water partition coefficient (Wildman–Crippen LogP) is 0.657. The number of nitrogens with zero attached hydrogens (tertiary/aromatic N) is 2. The lowest BCUT2D eigenvalue weighted by molar-refractivity contribution is -0.119. The van der Waals surface area contributed by atoms with Gasteiger partial charge in [0, 0.05) is 33.1 Å². The molecule has 27 heavy (non-hydrogen) atoms. The molecule has 152 valence electrons. The van der Waals surface area contributed by atoms with Crippen molar-refractivity contribution < 1.29 is 13.2 Å². The zero-order valence-corrected chi connectivity index (χ0v) is 18.6. The van der Waals surface area contributed by atoms with Crippen molar-refractivity contribution in [1.82, 2.24) is 10.2 Å². The molecule has 0 spiro atoms. The number of sulfonamides is 1. The van der Waals surface area contributed by atoms with Gasteiger partial charge in [0.25, 0.3) is 0 Å². The van der Waals surface area contributed by atoms with Crippen LogP contribution in [-0.2, 0) is 21.2 Å². The minimum absolute atomic E-state index is 0. The lowest BCUT2D eigenvalue weighted by Gasteiger charge is -2.34. The molecule has 10 heteroatoms. The highest BCUT2D eigenvalue weighted by Gasteiger charge is 2.23. The van der Waals surface area contributed by atoms with Gasteiger partial charge in [-0.05, 0) is 42.9 Å². The number of nitrogens with one attached hydrogen (secondary N) is 1. The maximum atomic E-state index is 11.3. The minimum atomic E-state index is -3.66. The average Bonchev–Trinajstić information content (AvgIpc) is 2.58. The van der Waals surface area contributed by atoms with Crippen LogP contribution in [0.25, 0.3) is 0 Å². The van der Waals surface area contributed by atoms with E-state index in [1.807, 2.05) is 0 Å². The Morgan fingerprint density at radius 2 is 2.00 bits per heavy atom. The highest BCUT2D eigenvalue weighted by atomic mass is 127. The number of amides is 1. The van der Waals surface area contributed by atoms with Gasteiger partial charge in [0.05, 0.1) is 4.90 Å². The molecule has 1 aromatic carbocycles. The molecule has 1 heterocycles. The van der Waals surface area contributed by atoms with Gasteiger partial charge in [0.15, 0.2) is 5.96 Å². The summed E-state index contributed by atoms with van der Waals surface area (Å²) in [6, 6.07) is 6.54. The monoisotopic (exact) mass is 509 g/mol. The summed E-state index contributed by atoms with van der Waals surface area (Å²) in [6.07, 6.45) is 3.15. The molecule has 8 nitrogen and oxygen atoms in total. The van der Waals surface area contributed by atoms with Crippen molar-refractivity contribution in [1.29, 1.82) is 0 Å². The third-order valence-electron chi connectivity index (χ3n) is 4.47. The first-order valence-corrected chi connectivity index (χ1v) is 10.2. The molecule has 0 saturated carbocycles. The van der Waals surface area contributed by atoms with Crippen molar-refractivity contribution in [2.24, 2.45) is 21.8 Å². The molecule has 0 radical (unpaired) electrons. The average molecular weight is 509 g/mol. The second-order valence-electron chi connectivity index (χ2n) is 6.54. The topological polar surface area (TPSA) is 131 Å². The van der Waals surface area contributed by atoms with Gasteiger partial charge in [0.1, 0.15) is 0 Å². The number of aliphatic imine (C=N–C) groups is 1. The van der Waals surface area contributed by atoms with Crippen molar-refractivity contribution in [2.75, 3.05) is 26.7 Å². The van der Waals surface area contributed by atoms with Crippen LogP contribution in [0.5, 0.6) is 0 Å². The highest BCUT2D eigenvalue weighted by Crippen LogP contribution is 2.19. The largest absolute Gasteiger partial charge is 0.370 e. The van der Waals surface area contributed by atoms with E-state index < -0.39 is 10.0 Å². The molecule has 1 fully saturated rings. The van der Waals surface area contributed by atoms with E-state index in [0.717, 1.165) is 43.9 Å². The van der Waals surface area contributed by atoms with Gasteiger partial charge in [-0.15, -0.1) is 24.0 Å². The van der Waals surface area contributed by atoms with E-state index >= 15 is 0 Å². The Hall–Kier alpha value is -1.40. The molecule has 0 aromatic heterocycles. The SMILES string of the molecule is CN=C(NCCc1ccc(S(N)(=O)=O)cc1)N1CCCC(CC(N)=O)C1.I. The molecular formula is C17H28IN5O3S. The number of likely N-dealkylation sites (tertiary alicyclic amines) is 1. The second-order valence-corrected chi connectivity index (χ2v) is 8.10. The maximum Gasteiger partial charge on any atom is 0.238 e. The third-order valence-corrected chi connectivity index (χ3v) is 5.40. The van der Waals surface area contributed by atoms with E-state index in [1.165, 1.54) is 12.1 Å². The summed E-state index contributed by atoms with van der Waals surface area (Å²) in [4.78, 5) is 17.7. The fourth-order valence-corrected chi connectivity index (χ4v) is 3.72. The highest BCUT2D eigenvalue weighted by molar-refractivity contribution is 14.0. The van der Waals surface area contributed by atoms with E-state index in [0.29, 0.717) is 13.0 Å². The summed E-state index contributed by atoms with van der Waals surface area (Å²) < 4.78 is 22.5. The summed E-state index contributed by atoms with van der Waals surface area (Å²) in [5.74, 6) is 0.814. The molecule has 2 rings (SSSR count). The minimum Gasteiger partial charge on any atom is -0.370 e. The summed E-state index contributed by atoms with van der Waals surface area (Å²) in [5.41, 5.74) is 6.32. The van der Waals surface area contributed by atoms with E-state index in [2.05, 4.69) is 15.2 Å². The number of piperidine rings is 1. The quantitative estimate of drug-likeness (QED) is 0.295. The molecule has 5 N–H and O–H groups in total. The first-order valence-electron chi connectivity index (χ1n) is 8.65. The molecule has 1 saturated heterocycles. The molecule has 1 atom stereocenters. The smallest absolute Gasteiger partial charge is 0.238 e. The van der Waals surface area contributed by atoms with Crippen molar-refractivity contribution in [3.8, 4) is 0 Å². The molecular weight excluding hydrogens is 481 g/mol. The van der Waals surface area contributed by atoms with Crippen molar-refractivity contribution >= 4 is 45.9 Å². The summed E-state index contributed by atoms with van der Waals surface area (Å²) in [5, 5.41) is 8.42. The first-order chi connectivity index (χ1) is 12.3. The third kappa shape index (κ3) is 7.62. The van der Waals surface area contributed by atoms with Crippen LogP contribution in [0.15, 0.2) is 34.2 Å². The number of carbonyl (C=O) groups is 1. The van der Waals surface area contributed by atoms with Gasteiger partial charge in [-0.3, -0.25) is 9.79 Å². The van der Waals surface area contributed by atoms with Gasteiger partial charge < -0.3 is 16.0 Å². The van der Waals surface area contributed by atoms with Gasteiger partial charge in [0.2, 0.25) is 15.9 Å². The number of halogens is 1. The van der Waals surface area contributed by atoms with Crippen LogP contribution < -0.4 is 16.2 Å². The van der Waals surface area contributed by atoms with E-state index in [9.17, 15) is 13.2 Å². The van der Waals surface area contributed by atoms with Crippen LogP contribution in [0, 0.1) is 5.92 Å². The van der Waals surface area contributed by atoms with Gasteiger partial charge >= 0.3 is 0 Å². The Balaban J connectivity index is 0.00000364. The van der Waals surface area contributed by atoms with Crippen LogP contribution >= 0.6 is 24.0 Å². The number of rotatable bonds is 6. The second kappa shape index (κ2) is 10.8. The van der Waals surface area contributed by atoms with Crippen LogP contribution in [0.4, 0.5) is 0 Å².